The lowest BCUT2D eigenvalue weighted by atomic mass is 10.1. The molecule has 1 aliphatic rings. The molecule has 1 N–H and O–H groups in total. The van der Waals surface area contributed by atoms with Crippen LogP contribution in [-0.2, 0) is 16.6 Å². The minimum Gasteiger partial charge on any atom is -0.497 e. The van der Waals surface area contributed by atoms with E-state index in [9.17, 15) is 13.2 Å². The summed E-state index contributed by atoms with van der Waals surface area (Å²) >= 11 is 0. The van der Waals surface area contributed by atoms with E-state index < -0.39 is 15.6 Å². The zero-order valence-corrected chi connectivity index (χ0v) is 18.1. The molecule has 0 amide bonds. The molecule has 0 spiro atoms. The summed E-state index contributed by atoms with van der Waals surface area (Å²) in [7, 11) is -1.90. The predicted octanol–water partition coefficient (Wildman–Crippen LogP) is 1.50. The summed E-state index contributed by atoms with van der Waals surface area (Å²) in [6.07, 6.45) is 1.62. The minimum atomic E-state index is -3.47. The number of methoxy groups -OCH3 is 1. The van der Waals surface area contributed by atoms with Crippen LogP contribution < -0.4 is 15.3 Å². The molecule has 4 rings (SSSR count). The molecule has 0 aliphatic carbocycles. The topological polar surface area (TPSA) is 81.3 Å². The maximum absolute atomic E-state index is 12.7. The number of hydrogen-bond acceptors (Lipinski definition) is 5. The first-order chi connectivity index (χ1) is 14.9. The van der Waals surface area contributed by atoms with Gasteiger partial charge in [-0.25, -0.2) is 13.2 Å². The van der Waals surface area contributed by atoms with Crippen molar-refractivity contribution in [3.8, 4) is 5.75 Å². The fraction of sp³-hybridized carbons (Fsp3) is 0.261. The number of fused-ring (bicyclic) bond motifs is 1. The van der Waals surface area contributed by atoms with Gasteiger partial charge < -0.3 is 14.1 Å². The highest BCUT2D eigenvalue weighted by atomic mass is 32.2. The lowest BCUT2D eigenvalue weighted by Crippen LogP contribution is -3.13. The third-order valence-corrected chi connectivity index (χ3v) is 7.06. The summed E-state index contributed by atoms with van der Waals surface area (Å²) in [4.78, 5) is 13.2. The molecule has 8 heteroatoms. The van der Waals surface area contributed by atoms with E-state index in [0.717, 1.165) is 16.5 Å². The quantitative estimate of drug-likeness (QED) is 0.587. The maximum atomic E-state index is 12.7. The molecule has 0 bridgehead atoms. The van der Waals surface area contributed by atoms with E-state index in [1.807, 2.05) is 42.5 Å². The standard InChI is InChI=1S/C23H24N2O5S/c1-29-20-7-8-21-19(15-23(26)30-22(21)16-20)17-24-10-12-25(13-11-24)31(27,28)14-9-18-5-3-2-4-6-18/h2-9,14-16H,10-13,17H2,1H3/p+1/b14-9+. The molecule has 162 valence electrons. The summed E-state index contributed by atoms with van der Waals surface area (Å²) in [6, 6.07) is 16.3. The lowest BCUT2D eigenvalue weighted by Gasteiger charge is -2.30. The molecule has 0 radical (unpaired) electrons. The highest BCUT2D eigenvalue weighted by Crippen LogP contribution is 2.22. The molecule has 0 saturated carbocycles. The van der Waals surface area contributed by atoms with Crippen molar-refractivity contribution in [3.63, 3.8) is 0 Å². The van der Waals surface area contributed by atoms with Gasteiger partial charge in [0.1, 0.15) is 17.9 Å². The Hall–Kier alpha value is -2.94. The normalized spacial score (nSPS) is 16.2. The Labute approximate surface area is 181 Å². The number of piperazine rings is 1. The van der Waals surface area contributed by atoms with Gasteiger partial charge in [-0.15, -0.1) is 0 Å². The molecular weight excluding hydrogens is 416 g/mol. The molecule has 0 unspecified atom stereocenters. The summed E-state index contributed by atoms with van der Waals surface area (Å²) < 4.78 is 37.4. The minimum absolute atomic E-state index is 0.401. The van der Waals surface area contributed by atoms with Gasteiger partial charge in [-0.1, -0.05) is 30.3 Å². The Balaban J connectivity index is 1.44. The van der Waals surface area contributed by atoms with E-state index in [1.54, 1.807) is 19.3 Å². The number of nitrogens with one attached hydrogen (secondary N) is 1. The van der Waals surface area contributed by atoms with Gasteiger partial charge in [0, 0.05) is 28.5 Å². The summed E-state index contributed by atoms with van der Waals surface area (Å²) in [6.45, 7) is 2.82. The molecule has 31 heavy (non-hydrogen) atoms. The first kappa shape index (κ1) is 21.3. The monoisotopic (exact) mass is 441 g/mol. The van der Waals surface area contributed by atoms with Crippen molar-refractivity contribution in [1.82, 2.24) is 4.31 Å². The molecule has 1 aromatic heterocycles. The lowest BCUT2D eigenvalue weighted by molar-refractivity contribution is -0.917. The molecule has 1 aliphatic heterocycles. The van der Waals surface area contributed by atoms with Crippen molar-refractivity contribution in [3.05, 3.63) is 81.6 Å². The van der Waals surface area contributed by atoms with Crippen molar-refractivity contribution in [2.45, 2.75) is 6.54 Å². The van der Waals surface area contributed by atoms with Crippen LogP contribution in [-0.4, -0.2) is 46.0 Å². The van der Waals surface area contributed by atoms with E-state index >= 15 is 0 Å². The summed E-state index contributed by atoms with van der Waals surface area (Å²) in [5.74, 6) is 0.627. The van der Waals surface area contributed by atoms with Crippen molar-refractivity contribution < 1.29 is 22.5 Å². The number of sulfonamides is 1. The highest BCUT2D eigenvalue weighted by molar-refractivity contribution is 7.92. The average molecular weight is 442 g/mol. The fourth-order valence-electron chi connectivity index (χ4n) is 3.80. The second kappa shape index (κ2) is 9.05. The van der Waals surface area contributed by atoms with Crippen LogP contribution in [0.3, 0.4) is 0 Å². The van der Waals surface area contributed by atoms with Gasteiger partial charge in [0.2, 0.25) is 10.0 Å². The highest BCUT2D eigenvalue weighted by Gasteiger charge is 2.28. The molecular formula is C23H25N2O5S+. The maximum Gasteiger partial charge on any atom is 0.336 e. The van der Waals surface area contributed by atoms with Crippen LogP contribution >= 0.6 is 0 Å². The van der Waals surface area contributed by atoms with Gasteiger partial charge in [-0.05, 0) is 23.8 Å². The van der Waals surface area contributed by atoms with E-state index in [4.69, 9.17) is 9.15 Å². The smallest absolute Gasteiger partial charge is 0.336 e. The molecule has 2 heterocycles. The first-order valence-electron chi connectivity index (χ1n) is 10.1. The van der Waals surface area contributed by atoms with Crippen molar-refractivity contribution in [2.24, 2.45) is 0 Å². The zero-order chi connectivity index (χ0) is 21.8. The molecule has 1 fully saturated rings. The number of benzene rings is 2. The fourth-order valence-corrected chi connectivity index (χ4v) is 4.99. The van der Waals surface area contributed by atoms with Crippen molar-refractivity contribution in [1.29, 1.82) is 0 Å². The summed E-state index contributed by atoms with van der Waals surface area (Å²) in [5.41, 5.74) is 1.84. The van der Waals surface area contributed by atoms with E-state index in [2.05, 4.69) is 0 Å². The Morgan fingerprint density at radius 1 is 1.10 bits per heavy atom. The Bertz CT molecular complexity index is 1240. The third kappa shape index (κ3) is 5.04. The molecule has 0 atom stereocenters. The SMILES string of the molecule is COc1ccc2c(C[NH+]3CCN(S(=O)(=O)/C=C/c4ccccc4)CC3)cc(=O)oc2c1. The van der Waals surface area contributed by atoms with E-state index in [0.29, 0.717) is 44.1 Å². The number of nitrogens with zero attached hydrogens (tertiary/aromatic N) is 1. The van der Waals surface area contributed by atoms with Gasteiger partial charge in [0.25, 0.3) is 0 Å². The Morgan fingerprint density at radius 2 is 1.84 bits per heavy atom. The number of rotatable bonds is 6. The van der Waals surface area contributed by atoms with Crippen LogP contribution in [0.4, 0.5) is 0 Å². The summed E-state index contributed by atoms with van der Waals surface area (Å²) in [5, 5.41) is 2.14. The van der Waals surface area contributed by atoms with E-state index in [-0.39, 0.29) is 0 Å². The van der Waals surface area contributed by atoms with E-state index in [1.165, 1.54) is 20.7 Å². The third-order valence-electron chi connectivity index (χ3n) is 5.50. The van der Waals surface area contributed by atoms with Gasteiger partial charge in [0.05, 0.1) is 33.3 Å². The van der Waals surface area contributed by atoms with Crippen LogP contribution in [0.1, 0.15) is 11.1 Å². The first-order valence-corrected chi connectivity index (χ1v) is 11.6. The van der Waals surface area contributed by atoms with Crippen molar-refractivity contribution >= 4 is 27.1 Å². The number of hydrogen-bond donors (Lipinski definition) is 1. The second-order valence-electron chi connectivity index (χ2n) is 7.54. The van der Waals surface area contributed by atoms with Crippen LogP contribution in [0.25, 0.3) is 17.0 Å². The second-order valence-corrected chi connectivity index (χ2v) is 9.36. The predicted molar refractivity (Wildman–Crippen MR) is 119 cm³/mol. The van der Waals surface area contributed by atoms with Gasteiger partial charge in [-0.2, -0.15) is 4.31 Å². The van der Waals surface area contributed by atoms with Crippen LogP contribution in [0.5, 0.6) is 5.75 Å². The van der Waals surface area contributed by atoms with Crippen molar-refractivity contribution in [2.75, 3.05) is 33.3 Å². The Kier molecular flexibility index (Phi) is 6.22. The van der Waals surface area contributed by atoms with Crippen LogP contribution in [0.2, 0.25) is 0 Å². The van der Waals surface area contributed by atoms with Gasteiger partial charge in [-0.3, -0.25) is 0 Å². The number of ether oxygens (including phenoxy) is 1. The molecule has 1 saturated heterocycles. The molecule has 3 aromatic rings. The molecule has 2 aromatic carbocycles. The van der Waals surface area contributed by atoms with Gasteiger partial charge >= 0.3 is 5.63 Å². The molecule has 7 nitrogen and oxygen atoms in total. The number of quaternary nitrogens is 1. The zero-order valence-electron chi connectivity index (χ0n) is 17.3. The van der Waals surface area contributed by atoms with Crippen LogP contribution in [0, 0.1) is 0 Å². The van der Waals surface area contributed by atoms with Gasteiger partial charge in [0.15, 0.2) is 0 Å². The average Bonchev–Trinajstić information content (AvgIpc) is 2.78. The van der Waals surface area contributed by atoms with Crippen LogP contribution in [0.15, 0.2) is 69.2 Å². The largest absolute Gasteiger partial charge is 0.497 e. The Morgan fingerprint density at radius 3 is 2.55 bits per heavy atom.